The lowest BCUT2D eigenvalue weighted by atomic mass is 10.2. The molecule has 16 heavy (non-hydrogen) atoms. The van der Waals surface area contributed by atoms with Crippen LogP contribution in [-0.4, -0.2) is 25.8 Å². The molecule has 1 aromatic rings. The number of hydrogen-bond acceptors (Lipinski definition) is 3. The van der Waals surface area contributed by atoms with E-state index in [1.54, 1.807) is 0 Å². The van der Waals surface area contributed by atoms with Gasteiger partial charge >= 0.3 is 0 Å². The van der Waals surface area contributed by atoms with Gasteiger partial charge in [-0.2, -0.15) is 8.42 Å². The van der Waals surface area contributed by atoms with Crippen LogP contribution in [0.2, 0.25) is 0 Å². The Labute approximate surface area is 97.4 Å². The lowest BCUT2D eigenvalue weighted by Crippen LogP contribution is -2.13. The van der Waals surface area contributed by atoms with Crippen molar-refractivity contribution in [3.05, 3.63) is 35.9 Å². The fourth-order valence-electron chi connectivity index (χ4n) is 1.01. The average molecular weight is 245 g/mol. The largest absolute Gasteiger partial charge is 0.313 e. The van der Waals surface area contributed by atoms with E-state index in [0.717, 1.165) is 13.1 Å². The molecule has 0 fully saturated rings. The van der Waals surface area contributed by atoms with E-state index in [2.05, 4.69) is 36.5 Å². The van der Waals surface area contributed by atoms with Crippen LogP contribution >= 0.6 is 0 Å². The molecule has 0 aromatic heterocycles. The molecule has 0 aliphatic carbocycles. The Morgan fingerprint density at radius 1 is 1.25 bits per heavy atom. The van der Waals surface area contributed by atoms with Crippen LogP contribution in [0.4, 0.5) is 0 Å². The van der Waals surface area contributed by atoms with Crippen molar-refractivity contribution in [2.75, 3.05) is 12.8 Å². The Hall–Kier alpha value is -0.910. The van der Waals surface area contributed by atoms with Gasteiger partial charge in [-0.1, -0.05) is 37.3 Å². The topological polar surface area (TPSA) is 66.4 Å². The number of benzene rings is 1. The Kier molecular flexibility index (Phi) is 7.80. The van der Waals surface area contributed by atoms with Crippen molar-refractivity contribution in [2.24, 2.45) is 0 Å². The second-order valence-electron chi connectivity index (χ2n) is 3.40. The van der Waals surface area contributed by atoms with E-state index >= 15 is 0 Å². The summed E-state index contributed by atoms with van der Waals surface area (Å²) in [4.78, 5) is 0. The molecule has 0 bridgehead atoms. The highest BCUT2D eigenvalue weighted by atomic mass is 32.2. The second kappa shape index (κ2) is 8.27. The smallest absolute Gasteiger partial charge is 0.261 e. The lowest BCUT2D eigenvalue weighted by molar-refractivity contribution is 0.490. The van der Waals surface area contributed by atoms with Crippen LogP contribution in [0.15, 0.2) is 30.3 Å². The summed E-state index contributed by atoms with van der Waals surface area (Å²) in [7, 11) is -3.67. The molecule has 2 N–H and O–H groups in total. The van der Waals surface area contributed by atoms with Crippen LogP contribution in [-0.2, 0) is 16.7 Å². The van der Waals surface area contributed by atoms with E-state index in [-0.39, 0.29) is 0 Å². The van der Waals surface area contributed by atoms with Gasteiger partial charge < -0.3 is 5.32 Å². The van der Waals surface area contributed by atoms with Crippen molar-refractivity contribution in [3.8, 4) is 0 Å². The molecule has 0 aliphatic heterocycles. The normalized spacial score (nSPS) is 10.4. The van der Waals surface area contributed by atoms with E-state index in [1.807, 2.05) is 6.07 Å². The molecule has 1 aromatic carbocycles. The Morgan fingerprint density at radius 3 is 2.19 bits per heavy atom. The van der Waals surface area contributed by atoms with Crippen molar-refractivity contribution in [2.45, 2.75) is 19.9 Å². The van der Waals surface area contributed by atoms with E-state index in [9.17, 15) is 8.42 Å². The quantitative estimate of drug-likeness (QED) is 0.626. The van der Waals surface area contributed by atoms with Gasteiger partial charge in [-0.05, 0) is 18.5 Å². The average Bonchev–Trinajstić information content (AvgIpc) is 2.17. The van der Waals surface area contributed by atoms with Crippen LogP contribution in [0.1, 0.15) is 18.9 Å². The third-order valence-corrected chi connectivity index (χ3v) is 1.60. The molecular formula is C11H19NO3S. The van der Waals surface area contributed by atoms with Gasteiger partial charge in [0.05, 0.1) is 6.26 Å². The predicted octanol–water partition coefficient (Wildman–Crippen LogP) is 1.69. The summed E-state index contributed by atoms with van der Waals surface area (Å²) in [6, 6.07) is 10.5. The summed E-state index contributed by atoms with van der Waals surface area (Å²) >= 11 is 0. The molecule has 0 atom stereocenters. The first-order valence-electron chi connectivity index (χ1n) is 5.10. The van der Waals surface area contributed by atoms with Crippen LogP contribution in [0.5, 0.6) is 0 Å². The highest BCUT2D eigenvalue weighted by Crippen LogP contribution is 1.96. The second-order valence-corrected chi connectivity index (χ2v) is 4.86. The third kappa shape index (κ3) is 13.1. The van der Waals surface area contributed by atoms with E-state index < -0.39 is 10.1 Å². The summed E-state index contributed by atoms with van der Waals surface area (Å²) in [5.41, 5.74) is 1.36. The van der Waals surface area contributed by atoms with Crippen LogP contribution in [0.3, 0.4) is 0 Å². The maximum atomic E-state index is 9.19. The Bertz CT molecular complexity index is 354. The Morgan fingerprint density at radius 2 is 1.75 bits per heavy atom. The number of hydrogen-bond donors (Lipinski definition) is 2. The Balaban J connectivity index is 0.000000385. The minimum absolute atomic E-state index is 0.715. The van der Waals surface area contributed by atoms with Gasteiger partial charge in [0.15, 0.2) is 0 Å². The van der Waals surface area contributed by atoms with Gasteiger partial charge in [0, 0.05) is 6.54 Å². The molecule has 0 amide bonds. The maximum Gasteiger partial charge on any atom is 0.261 e. The first kappa shape index (κ1) is 15.1. The molecule has 0 heterocycles. The van der Waals surface area contributed by atoms with Gasteiger partial charge in [-0.3, -0.25) is 4.55 Å². The summed E-state index contributed by atoms with van der Waals surface area (Å²) in [5.74, 6) is 0. The van der Waals surface area contributed by atoms with E-state index in [0.29, 0.717) is 6.26 Å². The van der Waals surface area contributed by atoms with Gasteiger partial charge in [-0.15, -0.1) is 0 Å². The standard InChI is InChI=1S/C10H15N.CH4O3S/c1-2-8-11-9-10-6-4-3-5-7-10;1-5(2,3)4/h3-7,11H,2,8-9H2,1H3;1H3,(H,2,3,4). The molecular weight excluding hydrogens is 226 g/mol. The van der Waals surface area contributed by atoms with Gasteiger partial charge in [0.1, 0.15) is 0 Å². The number of rotatable bonds is 4. The fourth-order valence-corrected chi connectivity index (χ4v) is 1.01. The molecule has 1 rings (SSSR count). The van der Waals surface area contributed by atoms with Crippen molar-refractivity contribution in [1.82, 2.24) is 5.32 Å². The third-order valence-electron chi connectivity index (χ3n) is 1.60. The first-order chi connectivity index (χ1) is 7.43. The summed E-state index contributed by atoms with van der Waals surface area (Å²) in [5, 5.41) is 3.35. The zero-order valence-corrected chi connectivity index (χ0v) is 10.5. The summed E-state index contributed by atoms with van der Waals surface area (Å²) in [6.07, 6.45) is 1.92. The minimum atomic E-state index is -3.67. The van der Waals surface area contributed by atoms with Crippen molar-refractivity contribution in [1.29, 1.82) is 0 Å². The monoisotopic (exact) mass is 245 g/mol. The first-order valence-corrected chi connectivity index (χ1v) is 6.95. The van der Waals surface area contributed by atoms with Gasteiger partial charge in [-0.25, -0.2) is 0 Å². The van der Waals surface area contributed by atoms with Crippen LogP contribution < -0.4 is 5.32 Å². The van der Waals surface area contributed by atoms with E-state index in [4.69, 9.17) is 4.55 Å². The van der Waals surface area contributed by atoms with Crippen molar-refractivity contribution < 1.29 is 13.0 Å². The molecule has 4 nitrogen and oxygen atoms in total. The maximum absolute atomic E-state index is 9.19. The molecule has 0 radical (unpaired) electrons. The lowest BCUT2D eigenvalue weighted by Gasteiger charge is -2.01. The molecule has 0 unspecified atom stereocenters. The summed E-state index contributed by atoms with van der Waals surface area (Å²) < 4.78 is 25.9. The van der Waals surface area contributed by atoms with Crippen LogP contribution in [0.25, 0.3) is 0 Å². The molecule has 0 saturated carbocycles. The predicted molar refractivity (Wildman–Crippen MR) is 65.9 cm³/mol. The summed E-state index contributed by atoms with van der Waals surface area (Å²) in [6.45, 7) is 4.28. The van der Waals surface area contributed by atoms with Gasteiger partial charge in [0.25, 0.3) is 10.1 Å². The highest BCUT2D eigenvalue weighted by Gasteiger charge is 1.87. The van der Waals surface area contributed by atoms with Crippen molar-refractivity contribution >= 4 is 10.1 Å². The molecule has 0 spiro atoms. The van der Waals surface area contributed by atoms with E-state index in [1.165, 1.54) is 12.0 Å². The SMILES string of the molecule is CCCNCc1ccccc1.CS(=O)(=O)O. The molecule has 92 valence electrons. The minimum Gasteiger partial charge on any atom is -0.313 e. The number of nitrogens with one attached hydrogen (secondary N) is 1. The zero-order valence-electron chi connectivity index (χ0n) is 9.68. The highest BCUT2D eigenvalue weighted by molar-refractivity contribution is 7.85. The van der Waals surface area contributed by atoms with Crippen molar-refractivity contribution in [3.63, 3.8) is 0 Å². The molecule has 0 aliphatic rings. The van der Waals surface area contributed by atoms with Gasteiger partial charge in [0.2, 0.25) is 0 Å². The molecule has 0 saturated heterocycles. The fraction of sp³-hybridized carbons (Fsp3) is 0.455. The molecule has 5 heteroatoms. The van der Waals surface area contributed by atoms with Crippen LogP contribution in [0, 0.1) is 0 Å². The zero-order chi connectivity index (χ0) is 12.4.